The summed E-state index contributed by atoms with van der Waals surface area (Å²) in [7, 11) is 4.50. The molecule has 16 heteroatoms. The Morgan fingerprint density at radius 2 is 0.602 bits per heavy atom. The monoisotopic (exact) mass is 1720 g/mol. The summed E-state index contributed by atoms with van der Waals surface area (Å²) >= 11 is 0. The molecule has 16 nitrogen and oxygen atoms in total. The van der Waals surface area contributed by atoms with Gasteiger partial charge in [-0.25, -0.2) is 9.59 Å². The summed E-state index contributed by atoms with van der Waals surface area (Å²) in [6.07, 6.45) is 13.9. The summed E-state index contributed by atoms with van der Waals surface area (Å²) in [5, 5.41) is 17.5. The summed E-state index contributed by atoms with van der Waals surface area (Å²) in [6, 6.07) is 50.4. The van der Waals surface area contributed by atoms with Crippen LogP contribution in [0, 0.1) is 34.0 Å². The second-order valence-corrected chi connectivity index (χ2v) is 34.3. The number of carbonyl (C=O) groups excluding carboxylic acids is 6. The van der Waals surface area contributed by atoms with E-state index in [1.165, 1.54) is 72.4 Å². The van der Waals surface area contributed by atoms with Crippen molar-refractivity contribution in [1.29, 1.82) is 0 Å². The van der Waals surface area contributed by atoms with Crippen LogP contribution in [0.4, 0.5) is 0 Å². The summed E-state index contributed by atoms with van der Waals surface area (Å²) < 4.78 is 34.2. The smallest absolute Gasteiger partial charge is 0.338 e. The highest BCUT2D eigenvalue weighted by molar-refractivity contribution is 5.90. The van der Waals surface area contributed by atoms with Gasteiger partial charge in [0.2, 0.25) is 0 Å². The van der Waals surface area contributed by atoms with Crippen LogP contribution in [0.15, 0.2) is 152 Å². The maximum absolute atomic E-state index is 11.4. The molecule has 0 bridgehead atoms. The van der Waals surface area contributed by atoms with Crippen LogP contribution >= 0.6 is 0 Å². The number of hydrogen-bond acceptors (Lipinski definition) is 15. The lowest BCUT2D eigenvalue weighted by molar-refractivity contribution is -0.154. The molecule has 6 aromatic rings. The number of unbranched alkanes of at least 4 members (excludes halogenated alkanes) is 1. The predicted molar refractivity (Wildman–Crippen MR) is 515 cm³/mol. The standard InChI is InChI=1S/C13H18O2.C12H16O2.C11H16O.C11H16.C10H20O2.C10H14O.C10H14.C9H18O2.C8H16O2.C7H14O2.C6H12O2/c1-4-10(3)11-6-8-12(9-7-11)13(14)15-5-2;1-4-9(2)10-5-7-11(8-6-10)12(13)14-3;1-4-9(2)10-5-7-11(12-3)8-6-10;1-4-10(3)11-7-5-9(2)6-8-11;1-5-7-8-12-9(11)10(3,4)6-2;1-3-8(2)9-4-6-10(11)7-5-9;1-3-9(2)10-7-5-4-6-8-10;1-5-7-11-8(10)9(3,4)6-2;1-5-8(3,4)7(9)10-6-2;1-5-7(2,3)6(8)9-4;1-4-6(2,3)5(7)8/h6-10H,4-5H2,1-3H3;5-9H,4H2,1-3H3;5-9H,4H2,1-3H3;5-8,10H,4H2,1-3H3;5-8H2,1-4H3;4-8,11H,3H2,1-2H3;4-9H,3H2,1-2H3;5-7H2,1-4H3;5-6H2,1-4H3;5H2,1-4H3;4H2,1-3H3,(H,7,8). The molecule has 6 atom stereocenters. The fourth-order valence-corrected chi connectivity index (χ4v) is 9.28. The molecule has 698 valence electrons. The lowest BCUT2D eigenvalue weighted by atomic mass is 9.91. The lowest BCUT2D eigenvalue weighted by Gasteiger charge is -2.19. The van der Waals surface area contributed by atoms with Gasteiger partial charge in [-0.15, -0.1) is 0 Å². The first-order chi connectivity index (χ1) is 57.6. The molecule has 0 amide bonds. The molecule has 0 radical (unpaired) electrons. The SMILES string of the molecule is CCC(C)(C)C(=O)O.CCC(C)(C)C(=O)OC.CCC(C)c1ccc(C(=O)OC)cc1.CCC(C)c1ccc(C)cc1.CCC(C)c1ccc(O)cc1.CCC(C)c1ccc(OC)cc1.CCC(C)c1ccccc1.CCCCOC(=O)C(C)(C)CC.CCCOC(=O)C(C)(C)CC.CCOC(=O)C(C)(C)CC.CCOC(=O)c1ccc(C(C)CC)cc1. The molecule has 0 aliphatic carbocycles. The third-order valence-electron chi connectivity index (χ3n) is 22.6. The Hall–Kier alpha value is -8.79. The first-order valence-electron chi connectivity index (χ1n) is 45.5. The Balaban J connectivity index is -0.000000417. The van der Waals surface area contributed by atoms with E-state index in [0.29, 0.717) is 85.2 Å². The van der Waals surface area contributed by atoms with Gasteiger partial charge < -0.3 is 43.4 Å². The maximum Gasteiger partial charge on any atom is 0.338 e. The number of carbonyl (C=O) groups is 7. The van der Waals surface area contributed by atoms with Gasteiger partial charge >= 0.3 is 41.8 Å². The Bertz CT molecular complexity index is 3620. The van der Waals surface area contributed by atoms with Crippen molar-refractivity contribution in [1.82, 2.24) is 0 Å². The first-order valence-corrected chi connectivity index (χ1v) is 45.5. The minimum Gasteiger partial charge on any atom is -0.508 e. The van der Waals surface area contributed by atoms with Crippen molar-refractivity contribution < 1.29 is 76.9 Å². The number of rotatable bonds is 32. The van der Waals surface area contributed by atoms with Crippen LogP contribution in [-0.2, 0) is 52.4 Å². The van der Waals surface area contributed by atoms with Crippen LogP contribution in [-0.4, -0.2) is 99.8 Å². The molecule has 2 N–H and O–H groups in total. The molecule has 6 unspecified atom stereocenters. The molecular formula is C107H174O16. The zero-order chi connectivity index (χ0) is 95.7. The zero-order valence-electron chi connectivity index (χ0n) is 83.7. The number of carboxylic acid groups (broad SMARTS) is 1. The maximum atomic E-state index is 11.4. The molecule has 0 saturated heterocycles. The number of aromatic hydroxyl groups is 1. The van der Waals surface area contributed by atoms with E-state index < -0.39 is 11.4 Å². The van der Waals surface area contributed by atoms with E-state index in [1.54, 1.807) is 33.1 Å². The van der Waals surface area contributed by atoms with Gasteiger partial charge in [-0.05, 0) is 291 Å². The number of carboxylic acids is 1. The van der Waals surface area contributed by atoms with E-state index in [4.69, 9.17) is 33.9 Å². The third kappa shape index (κ3) is 55.2. The molecule has 0 aromatic heterocycles. The number of hydrogen-bond donors (Lipinski definition) is 2. The molecule has 0 saturated carbocycles. The topological polar surface area (TPSA) is 225 Å². The van der Waals surface area contributed by atoms with E-state index >= 15 is 0 Å². The predicted octanol–water partition coefficient (Wildman–Crippen LogP) is 29.4. The van der Waals surface area contributed by atoms with Crippen molar-refractivity contribution in [3.63, 3.8) is 0 Å². The quantitative estimate of drug-likeness (QED) is 0.0227. The van der Waals surface area contributed by atoms with E-state index in [-0.39, 0.29) is 57.5 Å². The number of aliphatic carboxylic acids is 1. The van der Waals surface area contributed by atoms with Crippen molar-refractivity contribution in [3.8, 4) is 11.5 Å². The van der Waals surface area contributed by atoms with Crippen molar-refractivity contribution in [2.75, 3.05) is 47.8 Å². The van der Waals surface area contributed by atoms with E-state index in [1.807, 2.05) is 184 Å². The highest BCUT2D eigenvalue weighted by atomic mass is 16.5. The van der Waals surface area contributed by atoms with Gasteiger partial charge in [-0.1, -0.05) is 247 Å². The van der Waals surface area contributed by atoms with Crippen molar-refractivity contribution in [2.45, 2.75) is 347 Å². The molecule has 0 aliphatic heterocycles. The summed E-state index contributed by atoms with van der Waals surface area (Å²) in [4.78, 5) is 77.3. The van der Waals surface area contributed by atoms with Gasteiger partial charge in [-0.2, -0.15) is 0 Å². The minimum absolute atomic E-state index is 0.0709. The number of ether oxygens (including phenoxy) is 7. The number of methoxy groups -OCH3 is 3. The Morgan fingerprint density at radius 3 is 0.862 bits per heavy atom. The van der Waals surface area contributed by atoms with Gasteiger partial charge in [0, 0.05) is 0 Å². The Labute approximate surface area is 749 Å². The molecule has 123 heavy (non-hydrogen) atoms. The second-order valence-electron chi connectivity index (χ2n) is 34.3. The van der Waals surface area contributed by atoms with Crippen LogP contribution < -0.4 is 4.74 Å². The molecule has 0 heterocycles. The highest BCUT2D eigenvalue weighted by Gasteiger charge is 2.29. The third-order valence-corrected chi connectivity index (χ3v) is 22.6. The second kappa shape index (κ2) is 69.5. The molecule has 0 fully saturated rings. The molecule has 0 aliphatic rings. The zero-order valence-corrected chi connectivity index (χ0v) is 83.7. The highest BCUT2D eigenvalue weighted by Crippen LogP contribution is 2.28. The van der Waals surface area contributed by atoms with Crippen LogP contribution in [0.25, 0.3) is 0 Å². The largest absolute Gasteiger partial charge is 0.508 e. The molecular weight excluding hydrogens is 1540 g/mol. The minimum atomic E-state index is -0.722. The average Bonchev–Trinajstić information content (AvgIpc) is 0.866. The normalized spacial score (nSPS) is 12.1. The van der Waals surface area contributed by atoms with Gasteiger partial charge in [0.05, 0.1) is 86.0 Å². The van der Waals surface area contributed by atoms with E-state index in [2.05, 4.69) is 173 Å². The van der Waals surface area contributed by atoms with E-state index in [0.717, 1.165) is 70.0 Å². The van der Waals surface area contributed by atoms with Gasteiger partial charge in [0.25, 0.3) is 0 Å². The summed E-state index contributed by atoms with van der Waals surface area (Å²) in [6.45, 7) is 66.7. The summed E-state index contributed by atoms with van der Waals surface area (Å²) in [5.41, 5.74) is 8.92. The number of esters is 6. The van der Waals surface area contributed by atoms with Crippen molar-refractivity contribution in [2.24, 2.45) is 27.1 Å². The lowest BCUT2D eigenvalue weighted by Crippen LogP contribution is -2.26. The first kappa shape index (κ1) is 123. The number of phenols is 1. The fraction of sp³-hybridized carbons (Fsp3) is 0.598. The fourth-order valence-electron chi connectivity index (χ4n) is 9.28. The van der Waals surface area contributed by atoms with Crippen molar-refractivity contribution >= 4 is 41.8 Å². The molecule has 0 spiro atoms. The van der Waals surface area contributed by atoms with Crippen LogP contribution in [0.5, 0.6) is 11.5 Å². The molecule has 6 rings (SSSR count). The molecule has 6 aromatic carbocycles. The Kier molecular flexibility index (Phi) is 69.3. The number of aryl methyl sites for hydroxylation is 1. The number of benzene rings is 6. The van der Waals surface area contributed by atoms with Crippen molar-refractivity contribution in [3.05, 3.63) is 202 Å². The van der Waals surface area contributed by atoms with E-state index in [9.17, 15) is 33.6 Å². The number of phenolic OH excluding ortho intramolecular Hbond substituents is 1. The summed E-state index contributed by atoms with van der Waals surface area (Å²) in [5.74, 6) is 3.39. The average molecular weight is 1720 g/mol. The van der Waals surface area contributed by atoms with Crippen LogP contribution in [0.2, 0.25) is 0 Å². The van der Waals surface area contributed by atoms with Crippen LogP contribution in [0.3, 0.4) is 0 Å². The van der Waals surface area contributed by atoms with Crippen LogP contribution in [0.1, 0.15) is 400 Å². The van der Waals surface area contributed by atoms with Gasteiger partial charge in [0.1, 0.15) is 11.5 Å². The van der Waals surface area contributed by atoms with Gasteiger partial charge in [-0.3, -0.25) is 24.0 Å². The van der Waals surface area contributed by atoms with Gasteiger partial charge in [0.15, 0.2) is 0 Å². The Morgan fingerprint density at radius 1 is 0.317 bits per heavy atom.